The number of aromatic nitrogens is 2. The molecule has 0 radical (unpaired) electrons. The summed E-state index contributed by atoms with van der Waals surface area (Å²) in [6.45, 7) is 5.78. The molecule has 0 saturated heterocycles. The molecule has 0 aliphatic heterocycles. The van der Waals surface area contributed by atoms with Crippen molar-refractivity contribution in [1.29, 1.82) is 0 Å². The van der Waals surface area contributed by atoms with Crippen molar-refractivity contribution in [3.05, 3.63) is 42.6 Å². The van der Waals surface area contributed by atoms with Crippen molar-refractivity contribution in [2.45, 2.75) is 25.9 Å². The molecule has 0 spiro atoms. The van der Waals surface area contributed by atoms with Gasteiger partial charge < -0.3 is 0 Å². The number of thioether (sulfide) groups is 1. The first-order valence-corrected chi connectivity index (χ1v) is 7.50. The highest BCUT2D eigenvalue weighted by atomic mass is 32.2. The highest BCUT2D eigenvalue weighted by Crippen LogP contribution is 2.23. The highest BCUT2D eigenvalue weighted by molar-refractivity contribution is 7.99. The molecule has 2 aromatic rings. The zero-order valence-corrected chi connectivity index (χ0v) is 12.8. The molecule has 4 heteroatoms. The van der Waals surface area contributed by atoms with E-state index in [1.165, 1.54) is 11.8 Å². The summed E-state index contributed by atoms with van der Waals surface area (Å²) in [5, 5.41) is 0.643. The van der Waals surface area contributed by atoms with Crippen molar-refractivity contribution < 1.29 is 4.79 Å². The molecule has 0 atom stereocenters. The number of benzene rings is 1. The first-order chi connectivity index (χ1) is 9.47. The lowest BCUT2D eigenvalue weighted by Gasteiger charge is -2.15. The number of rotatable bonds is 4. The van der Waals surface area contributed by atoms with Gasteiger partial charge in [0.25, 0.3) is 0 Å². The Morgan fingerprint density at radius 3 is 2.50 bits per heavy atom. The second-order valence-electron chi connectivity index (χ2n) is 5.55. The number of hydrogen-bond acceptors (Lipinski definition) is 4. The van der Waals surface area contributed by atoms with Gasteiger partial charge in [-0.05, 0) is 6.07 Å². The second kappa shape index (κ2) is 6.18. The van der Waals surface area contributed by atoms with E-state index in [0.29, 0.717) is 10.9 Å². The van der Waals surface area contributed by atoms with Crippen LogP contribution in [0.25, 0.3) is 11.3 Å². The van der Waals surface area contributed by atoms with Crippen LogP contribution in [0.3, 0.4) is 0 Å². The summed E-state index contributed by atoms with van der Waals surface area (Å²) >= 11 is 1.39. The summed E-state index contributed by atoms with van der Waals surface area (Å²) < 4.78 is 0. The Labute approximate surface area is 123 Å². The largest absolute Gasteiger partial charge is 0.298 e. The molecule has 104 valence electrons. The molecule has 0 amide bonds. The van der Waals surface area contributed by atoms with Crippen LogP contribution in [0, 0.1) is 5.41 Å². The van der Waals surface area contributed by atoms with E-state index in [-0.39, 0.29) is 11.2 Å². The summed E-state index contributed by atoms with van der Waals surface area (Å²) in [4.78, 5) is 20.6. The standard InChI is InChI=1S/C16H18N2OS/c1-16(2,3)14(19)11-20-15-17-10-9-13(18-15)12-7-5-4-6-8-12/h4-10H,11H2,1-3H3. The normalized spacial score (nSPS) is 11.3. The summed E-state index contributed by atoms with van der Waals surface area (Å²) in [5.74, 6) is 0.609. The molecule has 2 rings (SSSR count). The van der Waals surface area contributed by atoms with Crippen LogP contribution in [0.15, 0.2) is 47.8 Å². The quantitative estimate of drug-likeness (QED) is 0.632. The molecule has 0 aliphatic carbocycles. The van der Waals surface area contributed by atoms with Crippen LogP contribution in [-0.2, 0) is 4.79 Å². The molecule has 0 unspecified atom stereocenters. The predicted octanol–water partition coefficient (Wildman–Crippen LogP) is 3.85. The third-order valence-corrected chi connectivity index (χ3v) is 3.73. The first-order valence-electron chi connectivity index (χ1n) is 6.51. The maximum atomic E-state index is 11.9. The fraction of sp³-hybridized carbons (Fsp3) is 0.312. The average Bonchev–Trinajstić information content (AvgIpc) is 2.45. The highest BCUT2D eigenvalue weighted by Gasteiger charge is 2.21. The summed E-state index contributed by atoms with van der Waals surface area (Å²) in [6.07, 6.45) is 1.74. The number of carbonyl (C=O) groups excluding carboxylic acids is 1. The molecule has 1 aromatic carbocycles. The minimum Gasteiger partial charge on any atom is -0.298 e. The topological polar surface area (TPSA) is 42.9 Å². The number of Topliss-reactive ketones (excluding diaryl/α,β-unsaturated/α-hetero) is 1. The Morgan fingerprint density at radius 1 is 1.15 bits per heavy atom. The van der Waals surface area contributed by atoms with Gasteiger partial charge in [-0.2, -0.15) is 0 Å². The Kier molecular flexibility index (Phi) is 4.55. The van der Waals surface area contributed by atoms with Crippen LogP contribution in [0.1, 0.15) is 20.8 Å². The van der Waals surface area contributed by atoms with Gasteiger partial charge in [-0.25, -0.2) is 9.97 Å². The van der Waals surface area contributed by atoms with Crippen molar-refractivity contribution in [3.8, 4) is 11.3 Å². The molecule has 1 aromatic heterocycles. The van der Waals surface area contributed by atoms with E-state index in [0.717, 1.165) is 11.3 Å². The maximum Gasteiger partial charge on any atom is 0.188 e. The number of hydrogen-bond donors (Lipinski definition) is 0. The lowest BCUT2D eigenvalue weighted by Crippen LogP contribution is -2.22. The van der Waals surface area contributed by atoms with Crippen molar-refractivity contribution in [3.63, 3.8) is 0 Å². The fourth-order valence-electron chi connectivity index (χ4n) is 1.53. The van der Waals surface area contributed by atoms with Gasteiger partial charge in [0.2, 0.25) is 0 Å². The van der Waals surface area contributed by atoms with Crippen LogP contribution in [0.2, 0.25) is 0 Å². The zero-order chi connectivity index (χ0) is 14.6. The van der Waals surface area contributed by atoms with Crippen molar-refractivity contribution in [2.24, 2.45) is 5.41 Å². The Balaban J connectivity index is 2.10. The Bertz CT molecular complexity index is 591. The molecule has 0 aliphatic rings. The van der Waals surface area contributed by atoms with Crippen molar-refractivity contribution in [1.82, 2.24) is 9.97 Å². The number of carbonyl (C=O) groups is 1. The molecular weight excluding hydrogens is 268 g/mol. The van der Waals surface area contributed by atoms with Gasteiger partial charge >= 0.3 is 0 Å². The van der Waals surface area contributed by atoms with E-state index in [1.54, 1.807) is 6.20 Å². The van der Waals surface area contributed by atoms with Gasteiger partial charge in [-0.15, -0.1) is 0 Å². The third kappa shape index (κ3) is 3.90. The van der Waals surface area contributed by atoms with E-state index in [4.69, 9.17) is 0 Å². The molecule has 0 N–H and O–H groups in total. The molecule has 0 bridgehead atoms. The fourth-order valence-corrected chi connectivity index (χ4v) is 2.52. The minimum absolute atomic E-state index is 0.205. The second-order valence-corrected chi connectivity index (χ2v) is 6.49. The van der Waals surface area contributed by atoms with E-state index in [1.807, 2.05) is 57.2 Å². The SMILES string of the molecule is CC(C)(C)C(=O)CSc1nccc(-c2ccccc2)n1. The van der Waals surface area contributed by atoms with E-state index < -0.39 is 0 Å². The summed E-state index contributed by atoms with van der Waals surface area (Å²) in [5.41, 5.74) is 1.62. The molecule has 0 saturated carbocycles. The van der Waals surface area contributed by atoms with Gasteiger partial charge in [0.05, 0.1) is 11.4 Å². The number of ketones is 1. The van der Waals surface area contributed by atoms with Gasteiger partial charge in [0.15, 0.2) is 5.16 Å². The van der Waals surface area contributed by atoms with Crippen LogP contribution in [-0.4, -0.2) is 21.5 Å². The van der Waals surface area contributed by atoms with Crippen LogP contribution in [0.5, 0.6) is 0 Å². The predicted molar refractivity (Wildman–Crippen MR) is 82.7 cm³/mol. The molecule has 3 nitrogen and oxygen atoms in total. The van der Waals surface area contributed by atoms with Crippen molar-refractivity contribution >= 4 is 17.5 Å². The monoisotopic (exact) mass is 286 g/mol. The van der Waals surface area contributed by atoms with E-state index in [9.17, 15) is 4.79 Å². The molecule has 20 heavy (non-hydrogen) atoms. The van der Waals surface area contributed by atoms with Gasteiger partial charge in [0.1, 0.15) is 5.78 Å². The van der Waals surface area contributed by atoms with Gasteiger partial charge in [-0.1, -0.05) is 62.9 Å². The van der Waals surface area contributed by atoms with Crippen LogP contribution < -0.4 is 0 Å². The van der Waals surface area contributed by atoms with Gasteiger partial charge in [0, 0.05) is 17.2 Å². The average molecular weight is 286 g/mol. The van der Waals surface area contributed by atoms with Crippen LogP contribution >= 0.6 is 11.8 Å². The third-order valence-electron chi connectivity index (χ3n) is 2.87. The van der Waals surface area contributed by atoms with E-state index in [2.05, 4.69) is 9.97 Å². The Morgan fingerprint density at radius 2 is 1.85 bits per heavy atom. The summed E-state index contributed by atoms with van der Waals surface area (Å²) in [6, 6.07) is 11.8. The van der Waals surface area contributed by atoms with Crippen molar-refractivity contribution in [2.75, 3.05) is 5.75 Å². The maximum absolute atomic E-state index is 11.9. The minimum atomic E-state index is -0.315. The first kappa shape index (κ1) is 14.7. The Hall–Kier alpha value is -1.68. The lowest BCUT2D eigenvalue weighted by atomic mass is 9.92. The van der Waals surface area contributed by atoms with Crippen LogP contribution in [0.4, 0.5) is 0 Å². The zero-order valence-electron chi connectivity index (χ0n) is 12.0. The smallest absolute Gasteiger partial charge is 0.188 e. The lowest BCUT2D eigenvalue weighted by molar-refractivity contribution is -0.123. The molecule has 0 fully saturated rings. The molecular formula is C16H18N2OS. The summed E-state index contributed by atoms with van der Waals surface area (Å²) in [7, 11) is 0. The van der Waals surface area contributed by atoms with Gasteiger partial charge in [-0.3, -0.25) is 4.79 Å². The number of nitrogens with zero attached hydrogens (tertiary/aromatic N) is 2. The van der Waals surface area contributed by atoms with E-state index >= 15 is 0 Å². The molecule has 1 heterocycles.